The molecule has 0 aliphatic heterocycles. The molecule has 0 radical (unpaired) electrons. The van der Waals surface area contributed by atoms with E-state index in [4.69, 9.17) is 0 Å². The number of aryl methyl sites for hydroxylation is 1. The largest absolute Gasteiger partial charge is 0.326 e. The smallest absolute Gasteiger partial charge is 0.292 e. The van der Waals surface area contributed by atoms with Crippen molar-refractivity contribution >= 4 is 28.3 Å². The quantitative estimate of drug-likeness (QED) is 0.888. The third-order valence-corrected chi connectivity index (χ3v) is 2.96. The maximum absolute atomic E-state index is 11.6. The van der Waals surface area contributed by atoms with Crippen molar-refractivity contribution in [1.29, 1.82) is 0 Å². The van der Waals surface area contributed by atoms with Crippen molar-refractivity contribution in [3.05, 3.63) is 29.4 Å². The van der Waals surface area contributed by atoms with E-state index in [1.54, 1.807) is 24.4 Å². The summed E-state index contributed by atoms with van der Waals surface area (Å²) in [6.45, 7) is 2.07. The van der Waals surface area contributed by atoms with E-state index in [1.165, 1.54) is 11.3 Å². The Morgan fingerprint density at radius 3 is 2.94 bits per heavy atom. The maximum atomic E-state index is 11.6. The van der Waals surface area contributed by atoms with Crippen LogP contribution >= 0.6 is 11.3 Å². The molecule has 0 aromatic carbocycles. The summed E-state index contributed by atoms with van der Waals surface area (Å²) in [6.07, 6.45) is 3.50. The fourth-order valence-electron chi connectivity index (χ4n) is 1.30. The molecule has 18 heavy (non-hydrogen) atoms. The number of hydrogen-bond acceptors (Lipinski definition) is 5. The lowest BCUT2D eigenvalue weighted by Gasteiger charge is -2.02. The van der Waals surface area contributed by atoms with Crippen molar-refractivity contribution in [2.24, 2.45) is 0 Å². The first kappa shape index (κ1) is 12.4. The number of carbonyl (C=O) groups excluding carboxylic acids is 1. The van der Waals surface area contributed by atoms with E-state index >= 15 is 0 Å². The zero-order chi connectivity index (χ0) is 12.8. The fraction of sp³-hybridized carbons (Fsp3) is 0.273. The molecule has 0 bridgehead atoms. The van der Waals surface area contributed by atoms with Gasteiger partial charge in [-0.25, -0.2) is 9.78 Å². The highest BCUT2D eigenvalue weighted by Crippen LogP contribution is 2.16. The number of nitrogens with one attached hydrogen (secondary N) is 2. The van der Waals surface area contributed by atoms with Gasteiger partial charge in [0.05, 0.1) is 0 Å². The molecule has 0 saturated heterocycles. The zero-order valence-electron chi connectivity index (χ0n) is 9.88. The third-order valence-electron chi connectivity index (χ3n) is 2.06. The average molecular weight is 263 g/mol. The lowest BCUT2D eigenvalue weighted by Crippen LogP contribution is -2.19. The van der Waals surface area contributed by atoms with Crippen LogP contribution in [0.5, 0.6) is 0 Å². The van der Waals surface area contributed by atoms with Gasteiger partial charge in [0.1, 0.15) is 10.8 Å². The van der Waals surface area contributed by atoms with Gasteiger partial charge in [-0.2, -0.15) is 0 Å². The zero-order valence-corrected chi connectivity index (χ0v) is 10.7. The molecule has 2 aromatic heterocycles. The SMILES string of the molecule is CCCc1nnc(NC(=O)Nc2ccccn2)s1. The minimum atomic E-state index is -0.368. The van der Waals surface area contributed by atoms with E-state index in [2.05, 4.69) is 32.7 Å². The van der Waals surface area contributed by atoms with Gasteiger partial charge in [-0.1, -0.05) is 24.3 Å². The molecule has 2 N–H and O–H groups in total. The van der Waals surface area contributed by atoms with Crippen molar-refractivity contribution in [2.45, 2.75) is 19.8 Å². The van der Waals surface area contributed by atoms with Gasteiger partial charge >= 0.3 is 6.03 Å². The van der Waals surface area contributed by atoms with Crippen molar-refractivity contribution in [1.82, 2.24) is 15.2 Å². The lowest BCUT2D eigenvalue weighted by atomic mass is 10.4. The second-order valence-corrected chi connectivity index (χ2v) is 4.61. The molecule has 2 rings (SSSR count). The van der Waals surface area contributed by atoms with Gasteiger partial charge in [0.15, 0.2) is 0 Å². The van der Waals surface area contributed by atoms with Gasteiger partial charge in [0.25, 0.3) is 0 Å². The highest BCUT2D eigenvalue weighted by Gasteiger charge is 2.07. The molecule has 0 saturated carbocycles. The summed E-state index contributed by atoms with van der Waals surface area (Å²) in [4.78, 5) is 15.6. The Kier molecular flexibility index (Phi) is 4.19. The minimum Gasteiger partial charge on any atom is -0.292 e. The number of hydrogen-bond donors (Lipinski definition) is 2. The molecule has 94 valence electrons. The monoisotopic (exact) mass is 263 g/mol. The first-order valence-corrected chi connectivity index (χ1v) is 6.41. The summed E-state index contributed by atoms with van der Waals surface area (Å²) in [6, 6.07) is 4.92. The summed E-state index contributed by atoms with van der Waals surface area (Å²) in [7, 11) is 0. The first-order valence-electron chi connectivity index (χ1n) is 5.59. The minimum absolute atomic E-state index is 0.368. The summed E-state index contributed by atoms with van der Waals surface area (Å²) in [5.74, 6) is 0.494. The predicted octanol–water partition coefficient (Wildman–Crippen LogP) is 2.53. The average Bonchev–Trinajstić information content (AvgIpc) is 2.78. The number of pyridine rings is 1. The first-order chi connectivity index (χ1) is 8.78. The van der Waals surface area contributed by atoms with Crippen LogP contribution in [0.1, 0.15) is 18.4 Å². The van der Waals surface area contributed by atoms with Crippen LogP contribution in [0.2, 0.25) is 0 Å². The number of amides is 2. The molecule has 0 aliphatic rings. The van der Waals surface area contributed by atoms with E-state index in [0.29, 0.717) is 10.9 Å². The van der Waals surface area contributed by atoms with E-state index in [9.17, 15) is 4.79 Å². The number of rotatable bonds is 4. The Hall–Kier alpha value is -2.02. The molecule has 2 amide bonds. The van der Waals surface area contributed by atoms with Crippen LogP contribution in [0.25, 0.3) is 0 Å². The molecule has 6 nitrogen and oxygen atoms in total. The van der Waals surface area contributed by atoms with Crippen LogP contribution in [0.4, 0.5) is 15.7 Å². The van der Waals surface area contributed by atoms with Gasteiger partial charge < -0.3 is 0 Å². The topological polar surface area (TPSA) is 79.8 Å². The van der Waals surface area contributed by atoms with Crippen LogP contribution in [0.3, 0.4) is 0 Å². The summed E-state index contributed by atoms with van der Waals surface area (Å²) >= 11 is 1.38. The Bertz CT molecular complexity index is 513. The second-order valence-electron chi connectivity index (χ2n) is 3.55. The van der Waals surface area contributed by atoms with E-state index in [1.807, 2.05) is 0 Å². The van der Waals surface area contributed by atoms with Crippen LogP contribution in [-0.4, -0.2) is 21.2 Å². The van der Waals surface area contributed by atoms with E-state index < -0.39 is 0 Å². The summed E-state index contributed by atoms with van der Waals surface area (Å²) in [5.41, 5.74) is 0. The maximum Gasteiger partial charge on any atom is 0.326 e. The second kappa shape index (κ2) is 6.06. The fourth-order valence-corrected chi connectivity index (χ4v) is 2.14. The van der Waals surface area contributed by atoms with Crippen molar-refractivity contribution in [3.63, 3.8) is 0 Å². The third kappa shape index (κ3) is 3.49. The Balaban J connectivity index is 1.90. The molecule has 2 aromatic rings. The van der Waals surface area contributed by atoms with Gasteiger partial charge in [0.2, 0.25) is 5.13 Å². The molecule has 0 fully saturated rings. The predicted molar refractivity (Wildman–Crippen MR) is 70.8 cm³/mol. The molecule has 7 heteroatoms. The lowest BCUT2D eigenvalue weighted by molar-refractivity contribution is 0.262. The number of urea groups is 1. The highest BCUT2D eigenvalue weighted by molar-refractivity contribution is 7.15. The van der Waals surface area contributed by atoms with Crippen molar-refractivity contribution in [2.75, 3.05) is 10.6 Å². The van der Waals surface area contributed by atoms with Crippen LogP contribution in [-0.2, 0) is 6.42 Å². The molecular formula is C11H13N5OS. The van der Waals surface area contributed by atoms with Crippen LogP contribution < -0.4 is 10.6 Å². The van der Waals surface area contributed by atoms with Gasteiger partial charge in [-0.05, 0) is 18.6 Å². The van der Waals surface area contributed by atoms with Gasteiger partial charge in [-0.15, -0.1) is 10.2 Å². The van der Waals surface area contributed by atoms with Crippen LogP contribution in [0.15, 0.2) is 24.4 Å². The Morgan fingerprint density at radius 2 is 2.22 bits per heavy atom. The Labute approximate surface area is 108 Å². The number of nitrogens with zero attached hydrogens (tertiary/aromatic N) is 3. The van der Waals surface area contributed by atoms with Gasteiger partial charge in [-0.3, -0.25) is 10.6 Å². The number of carbonyl (C=O) groups is 1. The molecule has 0 aliphatic carbocycles. The number of aromatic nitrogens is 3. The van der Waals surface area contributed by atoms with Crippen molar-refractivity contribution < 1.29 is 4.79 Å². The summed E-state index contributed by atoms with van der Waals surface area (Å²) in [5, 5.41) is 14.5. The normalized spacial score (nSPS) is 10.1. The van der Waals surface area contributed by atoms with E-state index in [0.717, 1.165) is 17.8 Å². The van der Waals surface area contributed by atoms with E-state index in [-0.39, 0.29) is 6.03 Å². The molecule has 2 heterocycles. The van der Waals surface area contributed by atoms with Crippen LogP contribution in [0, 0.1) is 0 Å². The molecule has 0 atom stereocenters. The molecular weight excluding hydrogens is 250 g/mol. The highest BCUT2D eigenvalue weighted by atomic mass is 32.1. The molecule has 0 unspecified atom stereocenters. The van der Waals surface area contributed by atoms with Crippen molar-refractivity contribution in [3.8, 4) is 0 Å². The molecule has 0 spiro atoms. The standard InChI is InChI=1S/C11H13N5OS/c1-2-5-9-15-16-11(18-9)14-10(17)13-8-6-3-4-7-12-8/h3-4,6-7H,2,5H2,1H3,(H2,12,13,14,16,17). The van der Waals surface area contributed by atoms with Gasteiger partial charge in [0, 0.05) is 12.6 Å². The Morgan fingerprint density at radius 1 is 1.33 bits per heavy atom. The summed E-state index contributed by atoms with van der Waals surface area (Å²) < 4.78 is 0. The number of anilines is 2.